The molecule has 3 rings (SSSR count). The van der Waals surface area contributed by atoms with Crippen LogP contribution in [0.4, 0.5) is 8.78 Å². The number of aliphatic hydroxyl groups is 2. The number of amides is 1. The van der Waals surface area contributed by atoms with E-state index in [-0.39, 0.29) is 24.9 Å². The van der Waals surface area contributed by atoms with Gasteiger partial charge in [-0.1, -0.05) is 63.3 Å². The zero-order valence-electron chi connectivity index (χ0n) is 25.2. The smallest absolute Gasteiger partial charge is 0.328 e. The third-order valence-electron chi connectivity index (χ3n) is 8.64. The van der Waals surface area contributed by atoms with Crippen LogP contribution in [0.2, 0.25) is 0 Å². The number of nitrogens with one attached hydrogen (secondary N) is 1. The van der Waals surface area contributed by atoms with Crippen LogP contribution in [-0.2, 0) is 28.5 Å². The number of hydrogen-bond donors (Lipinski definition) is 4. The van der Waals surface area contributed by atoms with Crippen molar-refractivity contribution in [2.75, 3.05) is 6.79 Å². The fraction of sp³-hybridized carbons (Fsp3) is 0.677. The largest absolute Gasteiger partial charge is 0.478 e. The Morgan fingerprint density at radius 1 is 1.12 bits per heavy atom. The van der Waals surface area contributed by atoms with Crippen molar-refractivity contribution < 1.29 is 52.6 Å². The molecule has 0 aromatic heterocycles. The van der Waals surface area contributed by atoms with Crippen molar-refractivity contribution in [3.63, 3.8) is 0 Å². The number of alkyl halides is 2. The molecule has 12 heteroatoms. The minimum absolute atomic E-state index is 0.0627. The van der Waals surface area contributed by atoms with E-state index in [4.69, 9.17) is 24.1 Å². The first-order valence-electron chi connectivity index (χ1n) is 14.7. The molecule has 3 heterocycles. The third-order valence-corrected chi connectivity index (χ3v) is 8.64. The molecule has 3 fully saturated rings. The van der Waals surface area contributed by atoms with Gasteiger partial charge in [-0.25, -0.2) is 13.6 Å². The number of allylic oxidation sites excluding steroid dienone is 5. The van der Waals surface area contributed by atoms with Crippen LogP contribution in [0.25, 0.3) is 0 Å². The number of unbranched alkanes of at least 4 members (excludes halogenated alkanes) is 1. The maximum atomic E-state index is 15.8. The number of hydrogen-bond acceptors (Lipinski definition) is 8. The van der Waals surface area contributed by atoms with E-state index < -0.39 is 72.9 Å². The van der Waals surface area contributed by atoms with Gasteiger partial charge in [0.15, 0.2) is 18.4 Å². The summed E-state index contributed by atoms with van der Waals surface area (Å²) in [6.45, 7) is 9.99. The highest BCUT2D eigenvalue weighted by molar-refractivity contribution is 5.81. The van der Waals surface area contributed by atoms with Crippen molar-refractivity contribution in [3.8, 4) is 0 Å². The minimum Gasteiger partial charge on any atom is -0.478 e. The van der Waals surface area contributed by atoms with Gasteiger partial charge < -0.3 is 39.6 Å². The quantitative estimate of drug-likeness (QED) is 0.112. The summed E-state index contributed by atoms with van der Waals surface area (Å²) >= 11 is 0. The van der Waals surface area contributed by atoms with E-state index in [1.165, 1.54) is 19.9 Å². The fourth-order valence-electron chi connectivity index (χ4n) is 5.48. The lowest BCUT2D eigenvalue weighted by Gasteiger charge is -2.54. The number of carboxylic acid groups (broad SMARTS) is 1. The van der Waals surface area contributed by atoms with E-state index in [1.54, 1.807) is 18.2 Å². The number of carbonyl (C=O) groups excluding carboxylic acids is 1. The van der Waals surface area contributed by atoms with Gasteiger partial charge in [-0.15, -0.1) is 0 Å². The van der Waals surface area contributed by atoms with Crippen LogP contribution in [-0.4, -0.2) is 88.9 Å². The molecule has 3 saturated heterocycles. The maximum absolute atomic E-state index is 15.8. The van der Waals surface area contributed by atoms with Crippen LogP contribution < -0.4 is 5.32 Å². The summed E-state index contributed by atoms with van der Waals surface area (Å²) in [5.74, 6) is -5.22. The molecule has 0 aromatic carbocycles. The summed E-state index contributed by atoms with van der Waals surface area (Å²) in [5, 5.41) is 32.5. The zero-order valence-corrected chi connectivity index (χ0v) is 25.2. The predicted octanol–water partition coefficient (Wildman–Crippen LogP) is 3.64. The first-order valence-corrected chi connectivity index (χ1v) is 14.7. The number of ether oxygens (including phenoxy) is 4. The van der Waals surface area contributed by atoms with Crippen molar-refractivity contribution in [3.05, 3.63) is 48.6 Å². The predicted molar refractivity (Wildman–Crippen MR) is 153 cm³/mol. The van der Waals surface area contributed by atoms with E-state index in [0.29, 0.717) is 19.3 Å². The van der Waals surface area contributed by atoms with Crippen molar-refractivity contribution in [2.45, 2.75) is 115 Å². The van der Waals surface area contributed by atoms with Gasteiger partial charge in [0.05, 0.1) is 29.8 Å². The highest BCUT2D eigenvalue weighted by Gasteiger charge is 2.66. The first-order chi connectivity index (χ1) is 20.2. The Morgan fingerprint density at radius 3 is 2.49 bits per heavy atom. The average Bonchev–Trinajstić information content (AvgIpc) is 2.93. The van der Waals surface area contributed by atoms with Gasteiger partial charge in [0.2, 0.25) is 0 Å². The molecule has 3 aliphatic rings. The number of rotatable bonds is 12. The molecule has 10 nitrogen and oxygen atoms in total. The molecular formula is C31H45F2NO9. The lowest BCUT2D eigenvalue weighted by atomic mass is 9.71. The van der Waals surface area contributed by atoms with Gasteiger partial charge in [0.1, 0.15) is 12.9 Å². The highest BCUT2D eigenvalue weighted by atomic mass is 19.3. The molecule has 0 aromatic rings. The normalized spacial score (nSPS) is 33.9. The lowest BCUT2D eigenvalue weighted by molar-refractivity contribution is -0.372. The molecule has 3 aliphatic heterocycles. The molecule has 0 radical (unpaired) electrons. The Kier molecular flexibility index (Phi) is 12.2. The summed E-state index contributed by atoms with van der Waals surface area (Å²) in [7, 11) is 0. The average molecular weight is 614 g/mol. The van der Waals surface area contributed by atoms with Crippen LogP contribution in [0.15, 0.2) is 48.6 Å². The molecule has 1 amide bonds. The SMILES string of the molecule is C=C1CC(C(O)C(=O)NC2OCO[C@H]3[C@@H]2OC(CC(O)CCC/C=C/C=C/C=C/C(=O)O)C(C)(C)C3(F)F)O[C@H](C)[C@@H]1C. The molecule has 0 saturated carbocycles. The zero-order chi connectivity index (χ0) is 31.9. The number of carbonyl (C=O) groups is 2. The lowest BCUT2D eigenvalue weighted by Crippen LogP contribution is -2.71. The Labute approximate surface area is 251 Å². The molecule has 9 atom stereocenters. The molecule has 5 unspecified atom stereocenters. The molecule has 242 valence electrons. The fourth-order valence-corrected chi connectivity index (χ4v) is 5.48. The Bertz CT molecular complexity index is 1080. The standard InChI is InChI=1S/C31H45F2NO9/c1-18-15-22(42-20(3)19(18)2)25(38)28(39)34-29-26-27(40-17-41-29)31(32,33)30(4,5)23(43-26)16-21(35)13-11-9-7-6-8-10-12-14-24(36)37/h6-8,10,12,14,19-23,25-27,29,35,38H,1,9,11,13,15-17H2,2-5H3,(H,34,39)(H,36,37)/b7-6+,10-8+,14-12+/t19-,20-,21?,22?,23?,25?,26+,27+,29?/m1/s1. The monoisotopic (exact) mass is 613 g/mol. The maximum Gasteiger partial charge on any atom is 0.328 e. The van der Waals surface area contributed by atoms with Gasteiger partial charge in [0, 0.05) is 18.4 Å². The van der Waals surface area contributed by atoms with E-state index in [0.717, 1.165) is 11.6 Å². The number of aliphatic hydroxyl groups excluding tert-OH is 2. The topological polar surface area (TPSA) is 144 Å². The summed E-state index contributed by atoms with van der Waals surface area (Å²) in [4.78, 5) is 23.4. The van der Waals surface area contributed by atoms with E-state index >= 15 is 8.78 Å². The number of carboxylic acids is 1. The van der Waals surface area contributed by atoms with Gasteiger partial charge in [-0.2, -0.15) is 0 Å². The van der Waals surface area contributed by atoms with Gasteiger partial charge in [-0.05, 0) is 32.6 Å². The van der Waals surface area contributed by atoms with Crippen LogP contribution in [0.3, 0.4) is 0 Å². The van der Waals surface area contributed by atoms with Crippen molar-refractivity contribution in [2.24, 2.45) is 11.3 Å². The summed E-state index contributed by atoms with van der Waals surface area (Å²) < 4.78 is 54.3. The minimum atomic E-state index is -3.40. The molecule has 0 aliphatic carbocycles. The number of aliphatic carboxylic acids is 1. The second kappa shape index (κ2) is 15.0. The molecule has 0 spiro atoms. The van der Waals surface area contributed by atoms with E-state index in [1.807, 2.05) is 19.9 Å². The third kappa shape index (κ3) is 8.58. The van der Waals surface area contributed by atoms with Gasteiger partial charge in [-0.3, -0.25) is 4.79 Å². The Hall–Kier alpha value is -2.48. The second-order valence-electron chi connectivity index (χ2n) is 12.0. The molecular weight excluding hydrogens is 568 g/mol. The van der Waals surface area contributed by atoms with E-state index in [2.05, 4.69) is 11.9 Å². The van der Waals surface area contributed by atoms with Gasteiger partial charge >= 0.3 is 5.97 Å². The number of halogens is 2. The Balaban J connectivity index is 1.60. The summed E-state index contributed by atoms with van der Waals surface area (Å²) in [5.41, 5.74) is -0.868. The van der Waals surface area contributed by atoms with Crippen molar-refractivity contribution in [1.29, 1.82) is 0 Å². The van der Waals surface area contributed by atoms with Crippen molar-refractivity contribution in [1.82, 2.24) is 5.32 Å². The summed E-state index contributed by atoms with van der Waals surface area (Å²) in [6.07, 6.45) is 1.86. The van der Waals surface area contributed by atoms with E-state index in [9.17, 15) is 19.8 Å². The van der Waals surface area contributed by atoms with Crippen LogP contribution in [0, 0.1) is 11.3 Å². The highest BCUT2D eigenvalue weighted by Crippen LogP contribution is 2.52. The van der Waals surface area contributed by atoms with Crippen LogP contribution >= 0.6 is 0 Å². The van der Waals surface area contributed by atoms with Crippen LogP contribution in [0.5, 0.6) is 0 Å². The number of fused-ring (bicyclic) bond motifs is 1. The van der Waals surface area contributed by atoms with Crippen molar-refractivity contribution >= 4 is 11.9 Å². The van der Waals surface area contributed by atoms with Gasteiger partial charge in [0.25, 0.3) is 11.8 Å². The Morgan fingerprint density at radius 2 is 1.81 bits per heavy atom. The first kappa shape index (κ1) is 35.0. The van der Waals surface area contributed by atoms with Crippen LogP contribution in [0.1, 0.15) is 59.8 Å². The summed E-state index contributed by atoms with van der Waals surface area (Å²) in [6, 6.07) is 0. The molecule has 4 N–H and O–H groups in total. The second-order valence-corrected chi connectivity index (χ2v) is 12.0. The molecule has 43 heavy (non-hydrogen) atoms. The molecule has 0 bridgehead atoms.